The fraction of sp³-hybridized carbons (Fsp3) is 0.458. The minimum atomic E-state index is -3.95. The van der Waals surface area contributed by atoms with Crippen LogP contribution in [0.25, 0.3) is 0 Å². The zero-order chi connectivity index (χ0) is 23.0. The fourth-order valence-electron chi connectivity index (χ4n) is 3.38. The van der Waals surface area contributed by atoms with Crippen molar-refractivity contribution in [3.63, 3.8) is 0 Å². The van der Waals surface area contributed by atoms with Gasteiger partial charge in [-0.05, 0) is 56.0 Å². The lowest BCUT2D eigenvalue weighted by atomic mass is 9.99. The molecule has 0 heterocycles. The molecule has 0 aliphatic carbocycles. The number of carbonyl (C=O) groups is 1. The van der Waals surface area contributed by atoms with Gasteiger partial charge in [-0.3, -0.25) is 9.10 Å². The van der Waals surface area contributed by atoms with Gasteiger partial charge in [0.05, 0.1) is 10.6 Å². The molecule has 0 saturated heterocycles. The van der Waals surface area contributed by atoms with Gasteiger partial charge in [0.15, 0.2) is 0 Å². The molecule has 2 aromatic carbocycles. The quantitative estimate of drug-likeness (QED) is 0.478. The standard InChI is InChI=1S/C24H33ClN2O3S/c1-5-7-8-20(6-2)16-26-24(28)17-27(23-15-21(25)12-11-19(23)4)31(29,30)22-13-9-18(3)10-14-22/h9-15,20H,5-8,16-17H2,1-4H3,(H,26,28)/t20-/m1/s1. The minimum Gasteiger partial charge on any atom is -0.354 e. The maximum atomic E-state index is 13.5. The summed E-state index contributed by atoms with van der Waals surface area (Å²) >= 11 is 6.16. The van der Waals surface area contributed by atoms with Gasteiger partial charge in [0.1, 0.15) is 6.54 Å². The second kappa shape index (κ2) is 11.5. The summed E-state index contributed by atoms with van der Waals surface area (Å²) in [6.07, 6.45) is 4.25. The molecule has 0 spiro atoms. The zero-order valence-electron chi connectivity index (χ0n) is 18.8. The van der Waals surface area contributed by atoms with E-state index in [2.05, 4.69) is 19.2 Å². The van der Waals surface area contributed by atoms with Crippen LogP contribution in [-0.2, 0) is 14.8 Å². The number of unbranched alkanes of at least 4 members (excludes halogenated alkanes) is 1. The summed E-state index contributed by atoms with van der Waals surface area (Å²) in [5.41, 5.74) is 2.09. The third kappa shape index (κ3) is 6.97. The molecule has 2 aromatic rings. The Labute approximate surface area is 191 Å². The van der Waals surface area contributed by atoms with E-state index in [0.717, 1.165) is 41.1 Å². The molecular weight excluding hydrogens is 432 g/mol. The molecule has 5 nitrogen and oxygen atoms in total. The predicted molar refractivity (Wildman–Crippen MR) is 128 cm³/mol. The highest BCUT2D eigenvalue weighted by atomic mass is 35.5. The second-order valence-electron chi connectivity index (χ2n) is 7.98. The summed E-state index contributed by atoms with van der Waals surface area (Å²) in [5.74, 6) is 0.0592. The number of amides is 1. The van der Waals surface area contributed by atoms with Crippen molar-refractivity contribution in [2.45, 2.75) is 58.3 Å². The Balaban J connectivity index is 2.31. The first-order valence-electron chi connectivity index (χ1n) is 10.8. The van der Waals surface area contributed by atoms with Crippen LogP contribution in [0, 0.1) is 19.8 Å². The molecule has 0 aromatic heterocycles. The van der Waals surface area contributed by atoms with E-state index < -0.39 is 10.0 Å². The number of nitrogens with zero attached hydrogens (tertiary/aromatic N) is 1. The van der Waals surface area contributed by atoms with Crippen molar-refractivity contribution in [2.75, 3.05) is 17.4 Å². The first kappa shape index (κ1) is 25.2. The molecule has 0 fully saturated rings. The summed E-state index contributed by atoms with van der Waals surface area (Å²) in [4.78, 5) is 12.9. The van der Waals surface area contributed by atoms with E-state index in [1.807, 2.05) is 6.92 Å². The number of sulfonamides is 1. The molecule has 170 valence electrons. The van der Waals surface area contributed by atoms with Crippen molar-refractivity contribution in [3.8, 4) is 0 Å². The van der Waals surface area contributed by atoms with Crippen LogP contribution in [0.3, 0.4) is 0 Å². The fourth-order valence-corrected chi connectivity index (χ4v) is 5.02. The first-order valence-corrected chi connectivity index (χ1v) is 12.6. The van der Waals surface area contributed by atoms with E-state index in [1.54, 1.807) is 49.4 Å². The average Bonchev–Trinajstić information content (AvgIpc) is 2.74. The third-order valence-electron chi connectivity index (χ3n) is 5.47. The molecule has 1 atom stereocenters. The lowest BCUT2D eigenvalue weighted by Crippen LogP contribution is -2.42. The molecule has 31 heavy (non-hydrogen) atoms. The molecule has 1 N–H and O–H groups in total. The SMILES string of the molecule is CCCC[C@@H](CC)CNC(=O)CN(c1cc(Cl)ccc1C)S(=O)(=O)c1ccc(C)cc1. The monoisotopic (exact) mass is 464 g/mol. The molecule has 0 radical (unpaired) electrons. The third-order valence-corrected chi connectivity index (χ3v) is 7.48. The van der Waals surface area contributed by atoms with Crippen molar-refractivity contribution in [2.24, 2.45) is 5.92 Å². The van der Waals surface area contributed by atoms with Crippen LogP contribution in [0.15, 0.2) is 47.4 Å². The highest BCUT2D eigenvalue weighted by Crippen LogP contribution is 2.29. The number of benzene rings is 2. The first-order chi connectivity index (χ1) is 14.7. The Morgan fingerprint density at radius 3 is 2.39 bits per heavy atom. The van der Waals surface area contributed by atoms with Gasteiger partial charge in [-0.2, -0.15) is 0 Å². The lowest BCUT2D eigenvalue weighted by molar-refractivity contribution is -0.119. The van der Waals surface area contributed by atoms with E-state index >= 15 is 0 Å². The largest absolute Gasteiger partial charge is 0.354 e. The number of carbonyl (C=O) groups excluding carboxylic acids is 1. The molecular formula is C24H33ClN2O3S. The molecule has 2 rings (SSSR count). The van der Waals surface area contributed by atoms with Gasteiger partial charge in [0, 0.05) is 11.6 Å². The average molecular weight is 465 g/mol. The Hall–Kier alpha value is -2.05. The summed E-state index contributed by atoms with van der Waals surface area (Å²) in [6.45, 7) is 8.19. The molecule has 0 unspecified atom stereocenters. The van der Waals surface area contributed by atoms with Crippen LogP contribution < -0.4 is 9.62 Å². The number of halogens is 1. The molecule has 0 aliphatic rings. The van der Waals surface area contributed by atoms with Crippen LogP contribution >= 0.6 is 11.6 Å². The summed E-state index contributed by atoms with van der Waals surface area (Å²) in [6, 6.07) is 11.7. The summed E-state index contributed by atoms with van der Waals surface area (Å²) < 4.78 is 28.1. The minimum absolute atomic E-state index is 0.139. The maximum Gasteiger partial charge on any atom is 0.264 e. The molecule has 0 saturated carbocycles. The number of rotatable bonds is 11. The summed E-state index contributed by atoms with van der Waals surface area (Å²) in [5, 5.41) is 3.34. The second-order valence-corrected chi connectivity index (χ2v) is 10.3. The Morgan fingerprint density at radius 2 is 1.77 bits per heavy atom. The van der Waals surface area contributed by atoms with Gasteiger partial charge in [0.2, 0.25) is 5.91 Å². The molecule has 7 heteroatoms. The van der Waals surface area contributed by atoms with Crippen molar-refractivity contribution < 1.29 is 13.2 Å². The molecule has 1 amide bonds. The van der Waals surface area contributed by atoms with Crippen LogP contribution in [0.2, 0.25) is 5.02 Å². The van der Waals surface area contributed by atoms with E-state index in [-0.39, 0.29) is 17.3 Å². The van der Waals surface area contributed by atoms with Gasteiger partial charge in [-0.25, -0.2) is 8.42 Å². The zero-order valence-corrected chi connectivity index (χ0v) is 20.4. The number of hydrogen-bond acceptors (Lipinski definition) is 3. The molecule has 0 bridgehead atoms. The predicted octanol–water partition coefficient (Wildman–Crippen LogP) is 5.48. The van der Waals surface area contributed by atoms with Crippen LogP contribution in [0.4, 0.5) is 5.69 Å². The Bertz CT molecular complexity index is 975. The van der Waals surface area contributed by atoms with E-state index in [4.69, 9.17) is 11.6 Å². The van der Waals surface area contributed by atoms with Gasteiger partial charge in [-0.1, -0.05) is 68.5 Å². The number of hydrogen-bond donors (Lipinski definition) is 1. The lowest BCUT2D eigenvalue weighted by Gasteiger charge is -2.26. The Kier molecular flexibility index (Phi) is 9.38. The topological polar surface area (TPSA) is 66.5 Å². The van der Waals surface area contributed by atoms with Gasteiger partial charge in [0.25, 0.3) is 10.0 Å². The normalized spacial score (nSPS) is 12.4. The Morgan fingerprint density at radius 1 is 1.10 bits per heavy atom. The number of anilines is 1. The highest BCUT2D eigenvalue weighted by Gasteiger charge is 2.28. The van der Waals surface area contributed by atoms with Crippen molar-refractivity contribution in [3.05, 3.63) is 58.6 Å². The van der Waals surface area contributed by atoms with Crippen molar-refractivity contribution in [1.82, 2.24) is 5.32 Å². The number of aryl methyl sites for hydroxylation is 2. The van der Waals surface area contributed by atoms with Crippen LogP contribution in [0.1, 0.15) is 50.7 Å². The molecule has 0 aliphatic heterocycles. The smallest absolute Gasteiger partial charge is 0.264 e. The maximum absolute atomic E-state index is 13.5. The van der Waals surface area contributed by atoms with Gasteiger partial charge >= 0.3 is 0 Å². The van der Waals surface area contributed by atoms with E-state index in [9.17, 15) is 13.2 Å². The highest BCUT2D eigenvalue weighted by molar-refractivity contribution is 7.92. The van der Waals surface area contributed by atoms with Crippen LogP contribution in [-0.4, -0.2) is 27.4 Å². The van der Waals surface area contributed by atoms with Gasteiger partial charge < -0.3 is 5.32 Å². The van der Waals surface area contributed by atoms with Gasteiger partial charge in [-0.15, -0.1) is 0 Å². The van der Waals surface area contributed by atoms with Crippen LogP contribution in [0.5, 0.6) is 0 Å². The van der Waals surface area contributed by atoms with Crippen molar-refractivity contribution >= 4 is 33.2 Å². The van der Waals surface area contributed by atoms with E-state index in [1.165, 1.54) is 0 Å². The summed E-state index contributed by atoms with van der Waals surface area (Å²) in [7, 11) is -3.95. The number of nitrogens with one attached hydrogen (secondary N) is 1. The van der Waals surface area contributed by atoms with Crippen molar-refractivity contribution in [1.29, 1.82) is 0 Å². The van der Waals surface area contributed by atoms with E-state index in [0.29, 0.717) is 23.2 Å².